The van der Waals surface area contributed by atoms with Gasteiger partial charge in [0.05, 0.1) is 18.7 Å². The molecule has 136 valence electrons. The van der Waals surface area contributed by atoms with Crippen molar-refractivity contribution in [2.75, 3.05) is 6.61 Å². The zero-order valence-electron chi connectivity index (χ0n) is 14.2. The number of rotatable bonds is 9. The van der Waals surface area contributed by atoms with Gasteiger partial charge in [0.1, 0.15) is 6.04 Å². The number of amides is 3. The van der Waals surface area contributed by atoms with E-state index in [9.17, 15) is 14.7 Å². The fraction of sp³-hybridized carbons (Fsp3) is 0.714. The number of aliphatic hydroxyl groups excluding tert-OH is 1. The van der Waals surface area contributed by atoms with Crippen LogP contribution in [0.25, 0.3) is 0 Å². The Morgan fingerprint density at radius 2 is 1.96 bits per heavy atom. The van der Waals surface area contributed by atoms with Crippen LogP contribution in [0, 0.1) is 5.92 Å². The van der Waals surface area contributed by atoms with Crippen LogP contribution < -0.4 is 22.1 Å². The number of carbonyl (C=O) groups excluding carboxylic acids is 2. The maximum absolute atomic E-state index is 11.9. The first-order valence-electron chi connectivity index (χ1n) is 7.79. The largest absolute Gasteiger partial charge is 0.394 e. The van der Waals surface area contributed by atoms with Gasteiger partial charge in [-0.25, -0.2) is 4.79 Å². The first-order valence-corrected chi connectivity index (χ1v) is 7.79. The van der Waals surface area contributed by atoms with Crippen LogP contribution in [-0.2, 0) is 4.79 Å². The molecule has 1 aromatic heterocycles. The van der Waals surface area contributed by atoms with Crippen LogP contribution in [-0.4, -0.2) is 39.8 Å². The molecular weight excluding hydrogens is 316 g/mol. The quantitative estimate of drug-likeness (QED) is 0.410. The van der Waals surface area contributed by atoms with Crippen molar-refractivity contribution in [2.45, 2.75) is 51.7 Å². The summed E-state index contributed by atoms with van der Waals surface area (Å²) in [6.07, 6.45) is 0.322. The molecule has 10 heteroatoms. The van der Waals surface area contributed by atoms with Crippen molar-refractivity contribution in [1.82, 2.24) is 20.8 Å². The molecule has 0 aliphatic rings. The van der Waals surface area contributed by atoms with Crippen molar-refractivity contribution < 1.29 is 19.2 Å². The molecule has 1 heterocycles. The molecule has 0 aliphatic heterocycles. The smallest absolute Gasteiger partial charge is 0.315 e. The third-order valence-corrected chi connectivity index (χ3v) is 3.49. The number of urea groups is 1. The molecule has 1 aromatic rings. The van der Waals surface area contributed by atoms with E-state index in [1.54, 1.807) is 6.92 Å². The number of hydrogen-bond acceptors (Lipinski definition) is 7. The van der Waals surface area contributed by atoms with Crippen molar-refractivity contribution in [3.05, 3.63) is 11.7 Å². The number of nitrogens with two attached hydrogens (primary N) is 2. The zero-order chi connectivity index (χ0) is 18.3. The highest BCUT2D eigenvalue weighted by atomic mass is 16.5. The van der Waals surface area contributed by atoms with Gasteiger partial charge in [-0.3, -0.25) is 4.79 Å². The summed E-state index contributed by atoms with van der Waals surface area (Å²) in [5.41, 5.74) is 11.0. The number of aromatic nitrogens is 2. The van der Waals surface area contributed by atoms with Gasteiger partial charge in [-0.05, 0) is 19.3 Å². The number of nitrogens with zero attached hydrogens (tertiary/aromatic N) is 2. The highest BCUT2D eigenvalue weighted by Gasteiger charge is 2.22. The van der Waals surface area contributed by atoms with Gasteiger partial charge in [-0.15, -0.1) is 0 Å². The predicted molar refractivity (Wildman–Crippen MR) is 85.4 cm³/mol. The van der Waals surface area contributed by atoms with Gasteiger partial charge in [-0.2, -0.15) is 4.98 Å². The SMILES string of the molecule is CC(C)[C@H](N)c1noc([C@H](C)NC(=O)N[C@H](CO)CCC(N)=O)n1. The third-order valence-electron chi connectivity index (χ3n) is 3.49. The molecule has 0 radical (unpaired) electrons. The predicted octanol–water partition coefficient (Wildman–Crippen LogP) is -0.288. The maximum atomic E-state index is 11.9. The van der Waals surface area contributed by atoms with Crippen LogP contribution >= 0.6 is 0 Å². The topological polar surface area (TPSA) is 169 Å². The minimum atomic E-state index is -0.572. The van der Waals surface area contributed by atoms with E-state index in [2.05, 4.69) is 20.8 Å². The van der Waals surface area contributed by atoms with Crippen LogP contribution in [0.4, 0.5) is 4.79 Å². The molecule has 0 unspecified atom stereocenters. The monoisotopic (exact) mass is 342 g/mol. The van der Waals surface area contributed by atoms with Gasteiger partial charge in [0.15, 0.2) is 5.82 Å². The van der Waals surface area contributed by atoms with Crippen LogP contribution in [0.1, 0.15) is 57.4 Å². The normalized spacial score (nSPS) is 14.9. The van der Waals surface area contributed by atoms with Gasteiger partial charge in [0.25, 0.3) is 0 Å². The molecule has 0 bridgehead atoms. The molecule has 0 aliphatic carbocycles. The zero-order valence-corrected chi connectivity index (χ0v) is 14.2. The molecule has 7 N–H and O–H groups in total. The molecule has 0 saturated heterocycles. The van der Waals surface area contributed by atoms with E-state index in [4.69, 9.17) is 16.0 Å². The maximum Gasteiger partial charge on any atom is 0.315 e. The molecule has 1 rings (SSSR count). The van der Waals surface area contributed by atoms with Crippen molar-refractivity contribution in [3.8, 4) is 0 Å². The van der Waals surface area contributed by atoms with Gasteiger partial charge < -0.3 is 31.7 Å². The first-order chi connectivity index (χ1) is 11.2. The van der Waals surface area contributed by atoms with E-state index in [0.717, 1.165) is 0 Å². The summed E-state index contributed by atoms with van der Waals surface area (Å²) in [4.78, 5) is 26.9. The Morgan fingerprint density at radius 1 is 1.29 bits per heavy atom. The fourth-order valence-electron chi connectivity index (χ4n) is 1.87. The second-order valence-electron chi connectivity index (χ2n) is 5.98. The standard InChI is InChI=1S/C14H26N6O4/c1-7(2)11(16)12-19-13(24-20-12)8(3)17-14(23)18-9(6-21)4-5-10(15)22/h7-9,11,21H,4-6,16H2,1-3H3,(H2,15,22)(H2,17,18,23)/t8-,9-,11-/m0/s1. The van der Waals surface area contributed by atoms with Gasteiger partial charge in [0, 0.05) is 6.42 Å². The number of hydrogen-bond donors (Lipinski definition) is 5. The average molecular weight is 342 g/mol. The van der Waals surface area contributed by atoms with E-state index in [1.165, 1.54) is 0 Å². The Labute approximate surface area is 140 Å². The molecular formula is C14H26N6O4. The van der Waals surface area contributed by atoms with Crippen molar-refractivity contribution in [1.29, 1.82) is 0 Å². The summed E-state index contributed by atoms with van der Waals surface area (Å²) in [6.45, 7) is 5.26. The van der Waals surface area contributed by atoms with Gasteiger partial charge >= 0.3 is 6.03 Å². The molecule has 0 spiro atoms. The molecule has 0 aromatic carbocycles. The minimum Gasteiger partial charge on any atom is -0.394 e. The van der Waals surface area contributed by atoms with Crippen molar-refractivity contribution >= 4 is 11.9 Å². The summed E-state index contributed by atoms with van der Waals surface area (Å²) in [6, 6.07) is -1.99. The molecule has 24 heavy (non-hydrogen) atoms. The second-order valence-corrected chi connectivity index (χ2v) is 5.98. The average Bonchev–Trinajstić information content (AvgIpc) is 3.00. The molecule has 10 nitrogen and oxygen atoms in total. The summed E-state index contributed by atoms with van der Waals surface area (Å²) < 4.78 is 5.11. The minimum absolute atomic E-state index is 0.0706. The van der Waals surface area contributed by atoms with E-state index < -0.39 is 24.0 Å². The van der Waals surface area contributed by atoms with Crippen molar-refractivity contribution in [2.24, 2.45) is 17.4 Å². The first kappa shape index (κ1) is 19.8. The third kappa shape index (κ3) is 6.13. The number of aliphatic hydroxyl groups is 1. The summed E-state index contributed by atoms with van der Waals surface area (Å²) in [5, 5.41) is 18.2. The lowest BCUT2D eigenvalue weighted by molar-refractivity contribution is -0.118. The Balaban J connectivity index is 2.55. The van der Waals surface area contributed by atoms with E-state index >= 15 is 0 Å². The molecule has 3 amide bonds. The number of primary amides is 1. The molecule has 3 atom stereocenters. The van der Waals surface area contributed by atoms with E-state index in [-0.39, 0.29) is 37.3 Å². The lowest BCUT2D eigenvalue weighted by Crippen LogP contribution is -2.45. The van der Waals surface area contributed by atoms with Crippen molar-refractivity contribution in [3.63, 3.8) is 0 Å². The van der Waals surface area contributed by atoms with Crippen LogP contribution in [0.15, 0.2) is 4.52 Å². The van der Waals surface area contributed by atoms with Crippen LogP contribution in [0.5, 0.6) is 0 Å². The fourth-order valence-corrected chi connectivity index (χ4v) is 1.87. The summed E-state index contributed by atoms with van der Waals surface area (Å²) in [7, 11) is 0. The van der Waals surface area contributed by atoms with E-state index in [1.807, 2.05) is 13.8 Å². The summed E-state index contributed by atoms with van der Waals surface area (Å²) in [5.74, 6) is 0.263. The van der Waals surface area contributed by atoms with Crippen LogP contribution in [0.3, 0.4) is 0 Å². The van der Waals surface area contributed by atoms with E-state index in [0.29, 0.717) is 5.82 Å². The highest BCUT2D eigenvalue weighted by molar-refractivity contribution is 5.75. The molecule has 0 saturated carbocycles. The number of nitrogens with one attached hydrogen (secondary N) is 2. The lowest BCUT2D eigenvalue weighted by Gasteiger charge is -2.17. The summed E-state index contributed by atoms with van der Waals surface area (Å²) >= 11 is 0. The molecule has 0 fully saturated rings. The number of carbonyl (C=O) groups is 2. The Kier molecular flexibility index (Phi) is 7.59. The Morgan fingerprint density at radius 3 is 2.50 bits per heavy atom. The van der Waals surface area contributed by atoms with Crippen LogP contribution in [0.2, 0.25) is 0 Å². The lowest BCUT2D eigenvalue weighted by atomic mass is 10.1. The Hall–Kier alpha value is -2.20. The second kappa shape index (κ2) is 9.18. The van der Waals surface area contributed by atoms with Gasteiger partial charge in [-0.1, -0.05) is 19.0 Å². The van der Waals surface area contributed by atoms with Gasteiger partial charge in [0.2, 0.25) is 11.8 Å². The Bertz CT molecular complexity index is 547. The highest BCUT2D eigenvalue weighted by Crippen LogP contribution is 2.18.